The zero-order valence-corrected chi connectivity index (χ0v) is 14.0. The average molecular weight is 307 g/mol. The number of terminal acetylenes is 1. The van der Waals surface area contributed by atoms with E-state index >= 15 is 0 Å². The molecule has 2 aliphatic heterocycles. The number of amides is 3. The second-order valence-corrected chi connectivity index (χ2v) is 7.37. The lowest BCUT2D eigenvalue weighted by atomic mass is 10.0. The maximum atomic E-state index is 12.5. The maximum Gasteiger partial charge on any atom is 0.410 e. The van der Waals surface area contributed by atoms with Crippen LogP contribution in [0.4, 0.5) is 9.59 Å². The fourth-order valence-corrected chi connectivity index (χ4v) is 2.74. The summed E-state index contributed by atoms with van der Waals surface area (Å²) >= 11 is 0. The van der Waals surface area contributed by atoms with Gasteiger partial charge in [0.25, 0.3) is 0 Å². The summed E-state index contributed by atoms with van der Waals surface area (Å²) in [6.45, 7) is 11.3. The van der Waals surface area contributed by atoms with Gasteiger partial charge in [0.2, 0.25) is 0 Å². The minimum Gasteiger partial charge on any atom is -0.444 e. The molecule has 1 atom stereocenters. The smallest absolute Gasteiger partial charge is 0.410 e. The minimum absolute atomic E-state index is 0.0265. The summed E-state index contributed by atoms with van der Waals surface area (Å²) in [5.74, 6) is 2.66. The van der Waals surface area contributed by atoms with Crippen LogP contribution in [-0.4, -0.2) is 70.2 Å². The van der Waals surface area contributed by atoms with Crippen LogP contribution in [0, 0.1) is 12.3 Å². The van der Waals surface area contributed by atoms with Gasteiger partial charge in [-0.25, -0.2) is 9.59 Å². The first-order valence-electron chi connectivity index (χ1n) is 7.59. The van der Waals surface area contributed by atoms with Gasteiger partial charge in [-0.15, -0.1) is 6.42 Å². The molecule has 0 N–H and O–H groups in total. The van der Waals surface area contributed by atoms with Crippen molar-refractivity contribution in [3.05, 3.63) is 0 Å². The molecule has 0 aliphatic carbocycles. The van der Waals surface area contributed by atoms with Crippen molar-refractivity contribution in [3.63, 3.8) is 0 Å². The molecule has 6 heteroatoms. The van der Waals surface area contributed by atoms with Crippen LogP contribution in [0.25, 0.3) is 0 Å². The number of urea groups is 1. The fourth-order valence-electron chi connectivity index (χ4n) is 2.74. The highest BCUT2D eigenvalue weighted by atomic mass is 16.6. The molecule has 0 unspecified atom stereocenters. The molecule has 2 aliphatic rings. The molecule has 122 valence electrons. The summed E-state index contributed by atoms with van der Waals surface area (Å²) in [5.41, 5.74) is -1.14. The van der Waals surface area contributed by atoms with Crippen molar-refractivity contribution in [3.8, 4) is 12.3 Å². The van der Waals surface area contributed by atoms with Gasteiger partial charge in [-0.05, 0) is 34.6 Å². The number of carbonyl (C=O) groups excluding carboxylic acids is 2. The van der Waals surface area contributed by atoms with Gasteiger partial charge in [0.05, 0.1) is 11.6 Å². The lowest BCUT2D eigenvalue weighted by molar-refractivity contribution is 0.0127. The highest BCUT2D eigenvalue weighted by Crippen LogP contribution is 2.27. The van der Waals surface area contributed by atoms with Crippen molar-refractivity contribution in [2.45, 2.75) is 51.8 Å². The predicted octanol–water partition coefficient (Wildman–Crippen LogP) is 1.76. The molecular weight excluding hydrogens is 282 g/mol. The van der Waals surface area contributed by atoms with Crippen LogP contribution in [0.3, 0.4) is 0 Å². The first-order chi connectivity index (χ1) is 10.0. The van der Waals surface area contributed by atoms with Gasteiger partial charge in [0.15, 0.2) is 0 Å². The summed E-state index contributed by atoms with van der Waals surface area (Å²) in [6, 6.07) is -0.0711. The number of hydrogen-bond acceptors (Lipinski definition) is 3. The largest absolute Gasteiger partial charge is 0.444 e. The second kappa shape index (κ2) is 5.38. The monoisotopic (exact) mass is 307 g/mol. The molecule has 0 aromatic rings. The first-order valence-corrected chi connectivity index (χ1v) is 7.59. The number of nitrogens with zero attached hydrogens (tertiary/aromatic N) is 3. The Morgan fingerprint density at radius 3 is 2.41 bits per heavy atom. The van der Waals surface area contributed by atoms with Gasteiger partial charge in [0, 0.05) is 26.2 Å². The van der Waals surface area contributed by atoms with Crippen molar-refractivity contribution in [1.29, 1.82) is 0 Å². The van der Waals surface area contributed by atoms with E-state index in [9.17, 15) is 9.59 Å². The van der Waals surface area contributed by atoms with Crippen LogP contribution < -0.4 is 0 Å². The van der Waals surface area contributed by atoms with E-state index in [2.05, 4.69) is 5.92 Å². The number of ether oxygens (including phenoxy) is 1. The molecule has 22 heavy (non-hydrogen) atoms. The molecule has 0 bridgehead atoms. The van der Waals surface area contributed by atoms with Gasteiger partial charge in [-0.3, -0.25) is 0 Å². The number of rotatable bonds is 1. The molecule has 0 saturated carbocycles. The molecule has 0 spiro atoms. The Labute approximate surface area is 132 Å². The fraction of sp³-hybridized carbons (Fsp3) is 0.750. The molecule has 2 rings (SSSR count). The van der Waals surface area contributed by atoms with E-state index < -0.39 is 11.1 Å². The van der Waals surface area contributed by atoms with Crippen molar-refractivity contribution >= 4 is 12.1 Å². The van der Waals surface area contributed by atoms with E-state index in [0.717, 1.165) is 0 Å². The summed E-state index contributed by atoms with van der Waals surface area (Å²) in [4.78, 5) is 29.8. The molecule has 0 radical (unpaired) electrons. The predicted molar refractivity (Wildman–Crippen MR) is 83.3 cm³/mol. The van der Waals surface area contributed by atoms with Crippen molar-refractivity contribution < 1.29 is 14.3 Å². The summed E-state index contributed by atoms with van der Waals surface area (Å²) in [5, 5.41) is 0. The minimum atomic E-state index is -0.620. The lowest BCUT2D eigenvalue weighted by Crippen LogP contribution is -2.54. The van der Waals surface area contributed by atoms with E-state index in [1.54, 1.807) is 14.7 Å². The average Bonchev–Trinajstić information content (AvgIpc) is 2.74. The topological polar surface area (TPSA) is 53.1 Å². The van der Waals surface area contributed by atoms with Crippen LogP contribution in [0.5, 0.6) is 0 Å². The van der Waals surface area contributed by atoms with E-state index in [4.69, 9.17) is 11.2 Å². The van der Waals surface area contributed by atoms with Crippen molar-refractivity contribution in [2.75, 3.05) is 26.2 Å². The van der Waals surface area contributed by atoms with Crippen LogP contribution in [-0.2, 0) is 4.74 Å². The van der Waals surface area contributed by atoms with Crippen LogP contribution in [0.15, 0.2) is 0 Å². The maximum absolute atomic E-state index is 12.5. The third-order valence-corrected chi connectivity index (χ3v) is 4.03. The molecule has 2 heterocycles. The zero-order chi connectivity index (χ0) is 16.7. The third kappa shape index (κ3) is 3.13. The van der Waals surface area contributed by atoms with Crippen LogP contribution >= 0.6 is 0 Å². The van der Waals surface area contributed by atoms with Gasteiger partial charge in [-0.2, -0.15) is 0 Å². The van der Waals surface area contributed by atoms with Crippen molar-refractivity contribution in [2.24, 2.45) is 0 Å². The zero-order valence-electron chi connectivity index (χ0n) is 14.0. The first kappa shape index (κ1) is 16.5. The van der Waals surface area contributed by atoms with Gasteiger partial charge in [-0.1, -0.05) is 5.92 Å². The van der Waals surface area contributed by atoms with Gasteiger partial charge < -0.3 is 19.4 Å². The summed E-state index contributed by atoms with van der Waals surface area (Å²) in [6.07, 6.45) is 5.21. The Morgan fingerprint density at radius 1 is 1.23 bits per heavy atom. The lowest BCUT2D eigenvalue weighted by Gasteiger charge is -2.37. The number of fused-ring (bicyclic) bond motifs is 1. The highest BCUT2D eigenvalue weighted by molar-refractivity contribution is 5.79. The number of carbonyl (C=O) groups is 2. The van der Waals surface area contributed by atoms with E-state index in [1.165, 1.54) is 0 Å². The van der Waals surface area contributed by atoms with Crippen LogP contribution in [0.1, 0.15) is 34.6 Å². The number of piperazine rings is 1. The van der Waals surface area contributed by atoms with Gasteiger partial charge in [0.1, 0.15) is 5.60 Å². The Morgan fingerprint density at radius 2 is 1.86 bits per heavy atom. The van der Waals surface area contributed by atoms with Gasteiger partial charge >= 0.3 is 12.1 Å². The highest BCUT2D eigenvalue weighted by Gasteiger charge is 2.46. The Kier molecular flexibility index (Phi) is 4.03. The second-order valence-electron chi connectivity index (χ2n) is 7.37. The molecule has 0 aromatic carbocycles. The van der Waals surface area contributed by atoms with E-state index in [0.29, 0.717) is 26.2 Å². The molecule has 6 nitrogen and oxygen atoms in total. The molecule has 3 amide bonds. The molecule has 2 saturated heterocycles. The Bertz CT molecular complexity index is 516. The van der Waals surface area contributed by atoms with E-state index in [1.807, 2.05) is 34.6 Å². The standard InChI is InChI=1S/C16H25N3O3/c1-7-16(5,6)19-11-12-10-17(8-9-18(12)13(19)20)14(21)22-15(2,3)4/h1,12H,8-11H2,2-6H3/t12-/m0/s1. The summed E-state index contributed by atoms with van der Waals surface area (Å²) in [7, 11) is 0. The molecule has 0 aromatic heterocycles. The summed E-state index contributed by atoms with van der Waals surface area (Å²) < 4.78 is 5.41. The van der Waals surface area contributed by atoms with Crippen LogP contribution in [0.2, 0.25) is 0 Å². The Hall–Kier alpha value is -1.90. The Balaban J connectivity index is 2.05. The normalized spacial score (nSPS) is 22.5. The SMILES string of the molecule is C#CC(C)(C)N1C[C@@H]2CN(C(=O)OC(C)(C)C)CCN2C1=O. The van der Waals surface area contributed by atoms with E-state index in [-0.39, 0.29) is 18.2 Å². The third-order valence-electron chi connectivity index (χ3n) is 4.03. The molecular formula is C16H25N3O3. The van der Waals surface area contributed by atoms with Crippen molar-refractivity contribution in [1.82, 2.24) is 14.7 Å². The quantitative estimate of drug-likeness (QED) is 0.694. The number of hydrogen-bond donors (Lipinski definition) is 0. The molecule has 2 fully saturated rings.